The normalized spacial score (nSPS) is 13.8. The van der Waals surface area contributed by atoms with E-state index in [1.807, 2.05) is 0 Å². The molecule has 6 heteroatoms. The van der Waals surface area contributed by atoms with E-state index in [2.05, 4.69) is 5.32 Å². The zero-order chi connectivity index (χ0) is 13.1. The smallest absolute Gasteiger partial charge is 0.392 e. The standard InChI is InChI=1S/C11H13F4NO/c1-7(17)5-16-6-8-2-9(11(13,14)15)4-10(12)3-8/h2-4,7,16-17H,5-6H2,1H3. The third-order valence-corrected chi connectivity index (χ3v) is 2.05. The summed E-state index contributed by atoms with van der Waals surface area (Å²) in [7, 11) is 0. The molecule has 1 aromatic rings. The molecule has 0 spiro atoms. The number of hydrogen-bond acceptors (Lipinski definition) is 2. The fourth-order valence-electron chi connectivity index (χ4n) is 1.34. The number of nitrogens with one attached hydrogen (secondary N) is 1. The fraction of sp³-hybridized carbons (Fsp3) is 0.455. The van der Waals surface area contributed by atoms with E-state index in [0.29, 0.717) is 6.07 Å². The van der Waals surface area contributed by atoms with Gasteiger partial charge in [-0.25, -0.2) is 4.39 Å². The van der Waals surface area contributed by atoms with E-state index in [9.17, 15) is 17.6 Å². The maximum atomic E-state index is 13.0. The predicted molar refractivity (Wildman–Crippen MR) is 54.8 cm³/mol. The van der Waals surface area contributed by atoms with Crippen LogP contribution in [0.15, 0.2) is 18.2 Å². The maximum Gasteiger partial charge on any atom is 0.416 e. The van der Waals surface area contributed by atoms with Crippen molar-refractivity contribution in [3.8, 4) is 0 Å². The van der Waals surface area contributed by atoms with E-state index < -0.39 is 23.7 Å². The molecular weight excluding hydrogens is 238 g/mol. The molecule has 96 valence electrons. The van der Waals surface area contributed by atoms with Gasteiger partial charge in [0.1, 0.15) is 5.82 Å². The van der Waals surface area contributed by atoms with Crippen molar-refractivity contribution in [2.45, 2.75) is 25.7 Å². The number of benzene rings is 1. The van der Waals surface area contributed by atoms with Gasteiger partial charge in [-0.05, 0) is 30.7 Å². The zero-order valence-corrected chi connectivity index (χ0v) is 9.18. The first-order valence-corrected chi connectivity index (χ1v) is 5.04. The molecule has 1 aromatic carbocycles. The lowest BCUT2D eigenvalue weighted by Gasteiger charge is -2.11. The summed E-state index contributed by atoms with van der Waals surface area (Å²) in [5.41, 5.74) is -0.815. The topological polar surface area (TPSA) is 32.3 Å². The molecule has 0 amide bonds. The van der Waals surface area contributed by atoms with Gasteiger partial charge in [0.25, 0.3) is 0 Å². The Labute approximate surface area is 96.3 Å². The number of rotatable bonds is 4. The van der Waals surface area contributed by atoms with Gasteiger partial charge in [-0.3, -0.25) is 0 Å². The molecule has 0 aromatic heterocycles. The summed E-state index contributed by atoms with van der Waals surface area (Å²) in [6.07, 6.45) is -5.16. The Hall–Kier alpha value is -1.14. The second-order valence-corrected chi connectivity index (χ2v) is 3.83. The first kappa shape index (κ1) is 13.9. The molecule has 0 aliphatic carbocycles. The Morgan fingerprint density at radius 3 is 2.47 bits per heavy atom. The van der Waals surface area contributed by atoms with Crippen molar-refractivity contribution in [1.82, 2.24) is 5.32 Å². The van der Waals surface area contributed by atoms with Gasteiger partial charge in [0.15, 0.2) is 0 Å². The lowest BCUT2D eigenvalue weighted by atomic mass is 10.1. The third-order valence-electron chi connectivity index (χ3n) is 2.05. The molecule has 0 bridgehead atoms. The van der Waals surface area contributed by atoms with Gasteiger partial charge < -0.3 is 10.4 Å². The molecule has 0 radical (unpaired) electrons. The van der Waals surface area contributed by atoms with Gasteiger partial charge in [-0.1, -0.05) is 0 Å². The predicted octanol–water partition coefficient (Wildman–Crippen LogP) is 2.31. The summed E-state index contributed by atoms with van der Waals surface area (Å²) < 4.78 is 50.1. The Kier molecular flexibility index (Phi) is 4.47. The maximum absolute atomic E-state index is 13.0. The van der Waals surface area contributed by atoms with Gasteiger partial charge in [0.2, 0.25) is 0 Å². The largest absolute Gasteiger partial charge is 0.416 e. The van der Waals surface area contributed by atoms with Crippen LogP contribution in [0.5, 0.6) is 0 Å². The Morgan fingerprint density at radius 2 is 1.94 bits per heavy atom. The summed E-state index contributed by atoms with van der Waals surface area (Å²) in [4.78, 5) is 0. The SMILES string of the molecule is CC(O)CNCc1cc(F)cc(C(F)(F)F)c1. The lowest BCUT2D eigenvalue weighted by molar-refractivity contribution is -0.137. The molecule has 0 fully saturated rings. The summed E-state index contributed by atoms with van der Waals surface area (Å²) in [6.45, 7) is 1.85. The number of aliphatic hydroxyl groups excluding tert-OH is 1. The minimum Gasteiger partial charge on any atom is -0.392 e. The third kappa shape index (κ3) is 4.70. The van der Waals surface area contributed by atoms with Gasteiger partial charge in [0, 0.05) is 13.1 Å². The summed E-state index contributed by atoms with van der Waals surface area (Å²) >= 11 is 0. The second kappa shape index (κ2) is 5.46. The highest BCUT2D eigenvalue weighted by atomic mass is 19.4. The van der Waals surface area contributed by atoms with Crippen LogP contribution in [0.4, 0.5) is 17.6 Å². The number of alkyl halides is 3. The zero-order valence-electron chi connectivity index (χ0n) is 9.18. The molecule has 0 aliphatic heterocycles. The van der Waals surface area contributed by atoms with Crippen LogP contribution in [-0.2, 0) is 12.7 Å². The fourth-order valence-corrected chi connectivity index (χ4v) is 1.34. The summed E-state index contributed by atoms with van der Waals surface area (Å²) in [5, 5.41) is 11.7. The van der Waals surface area contributed by atoms with Crippen molar-refractivity contribution in [1.29, 1.82) is 0 Å². The van der Waals surface area contributed by atoms with Crippen LogP contribution in [-0.4, -0.2) is 17.8 Å². The average molecular weight is 251 g/mol. The van der Waals surface area contributed by atoms with Crippen molar-refractivity contribution < 1.29 is 22.7 Å². The molecule has 2 N–H and O–H groups in total. The minimum atomic E-state index is -4.55. The van der Waals surface area contributed by atoms with Crippen molar-refractivity contribution in [3.05, 3.63) is 35.1 Å². The van der Waals surface area contributed by atoms with E-state index in [-0.39, 0.29) is 18.7 Å². The minimum absolute atomic E-state index is 0.0751. The molecule has 0 saturated carbocycles. The monoisotopic (exact) mass is 251 g/mol. The number of hydrogen-bond donors (Lipinski definition) is 2. The average Bonchev–Trinajstić information content (AvgIpc) is 2.14. The number of halogens is 4. The van der Waals surface area contributed by atoms with Crippen molar-refractivity contribution in [2.24, 2.45) is 0 Å². The first-order valence-electron chi connectivity index (χ1n) is 5.04. The molecule has 1 rings (SSSR count). The summed E-state index contributed by atoms with van der Waals surface area (Å²) in [5.74, 6) is -0.923. The van der Waals surface area contributed by atoms with E-state index in [0.717, 1.165) is 12.1 Å². The van der Waals surface area contributed by atoms with Crippen LogP contribution in [0.25, 0.3) is 0 Å². The Morgan fingerprint density at radius 1 is 1.29 bits per heavy atom. The van der Waals surface area contributed by atoms with Gasteiger partial charge in [0.05, 0.1) is 11.7 Å². The van der Waals surface area contributed by atoms with E-state index in [1.165, 1.54) is 0 Å². The van der Waals surface area contributed by atoms with Crippen LogP contribution in [0.2, 0.25) is 0 Å². The summed E-state index contributed by atoms with van der Waals surface area (Å²) in [6, 6.07) is 2.38. The quantitative estimate of drug-likeness (QED) is 0.805. The lowest BCUT2D eigenvalue weighted by Crippen LogP contribution is -2.24. The molecule has 1 unspecified atom stereocenters. The molecule has 1 atom stereocenters. The highest BCUT2D eigenvalue weighted by Crippen LogP contribution is 2.30. The van der Waals surface area contributed by atoms with Crippen molar-refractivity contribution in [2.75, 3.05) is 6.54 Å². The van der Waals surface area contributed by atoms with Crippen LogP contribution in [0.3, 0.4) is 0 Å². The molecular formula is C11H13F4NO. The van der Waals surface area contributed by atoms with Crippen LogP contribution >= 0.6 is 0 Å². The van der Waals surface area contributed by atoms with Crippen molar-refractivity contribution in [3.63, 3.8) is 0 Å². The van der Waals surface area contributed by atoms with Crippen molar-refractivity contribution >= 4 is 0 Å². The van der Waals surface area contributed by atoms with Crippen LogP contribution in [0.1, 0.15) is 18.1 Å². The van der Waals surface area contributed by atoms with Gasteiger partial charge >= 0.3 is 6.18 Å². The van der Waals surface area contributed by atoms with Gasteiger partial charge in [-0.2, -0.15) is 13.2 Å². The highest BCUT2D eigenvalue weighted by Gasteiger charge is 2.31. The molecule has 2 nitrogen and oxygen atoms in total. The Balaban J connectivity index is 2.76. The van der Waals surface area contributed by atoms with Gasteiger partial charge in [-0.15, -0.1) is 0 Å². The molecule has 17 heavy (non-hydrogen) atoms. The van der Waals surface area contributed by atoms with Crippen LogP contribution < -0.4 is 5.32 Å². The van der Waals surface area contributed by atoms with Crippen LogP contribution in [0, 0.1) is 5.82 Å². The molecule has 0 aliphatic rings. The Bertz CT molecular complexity index is 376. The first-order chi connectivity index (χ1) is 7.79. The van der Waals surface area contributed by atoms with E-state index in [4.69, 9.17) is 5.11 Å². The van der Waals surface area contributed by atoms with E-state index in [1.54, 1.807) is 6.92 Å². The van der Waals surface area contributed by atoms with E-state index >= 15 is 0 Å². The number of aliphatic hydroxyl groups is 1. The molecule has 0 heterocycles. The second-order valence-electron chi connectivity index (χ2n) is 3.83. The highest BCUT2D eigenvalue weighted by molar-refractivity contribution is 5.26. The molecule has 0 saturated heterocycles.